The van der Waals surface area contributed by atoms with Crippen molar-refractivity contribution >= 4 is 28.8 Å². The number of hydrogen-bond donors (Lipinski definition) is 0. The van der Waals surface area contributed by atoms with Gasteiger partial charge in [-0.3, -0.25) is 20.2 Å². The Morgan fingerprint density at radius 1 is 1.29 bits per heavy atom. The normalized spacial score (nSPS) is 14.3. The third kappa shape index (κ3) is 2.03. The smallest absolute Gasteiger partial charge is 0.300 e. The van der Waals surface area contributed by atoms with Gasteiger partial charge in [-0.05, 0) is 0 Å². The lowest BCUT2D eigenvalue weighted by Crippen LogP contribution is -2.25. The van der Waals surface area contributed by atoms with Gasteiger partial charge in [0.25, 0.3) is 5.69 Å². The molecule has 0 atom stereocenters. The summed E-state index contributed by atoms with van der Waals surface area (Å²) >= 11 is 1.41. The largest absolute Gasteiger partial charge is 0.367 e. The zero-order valence-electron chi connectivity index (χ0n) is 8.95. The molecule has 1 aromatic rings. The molecule has 0 saturated heterocycles. The van der Waals surface area contributed by atoms with Gasteiger partial charge in [-0.1, -0.05) is 0 Å². The third-order valence-electron chi connectivity index (χ3n) is 2.51. The van der Waals surface area contributed by atoms with Crippen LogP contribution in [0.5, 0.6) is 0 Å². The van der Waals surface area contributed by atoms with Crippen molar-refractivity contribution in [1.82, 2.24) is 0 Å². The van der Waals surface area contributed by atoms with Gasteiger partial charge in [-0.2, -0.15) is 0 Å². The molecule has 0 radical (unpaired) electrons. The number of hydrogen-bond acceptors (Lipinski definition) is 6. The van der Waals surface area contributed by atoms with Crippen molar-refractivity contribution < 1.29 is 9.85 Å². The van der Waals surface area contributed by atoms with Crippen molar-refractivity contribution in [3.8, 4) is 0 Å². The highest BCUT2D eigenvalue weighted by Crippen LogP contribution is 2.43. The Morgan fingerprint density at radius 2 is 2.00 bits per heavy atom. The van der Waals surface area contributed by atoms with Gasteiger partial charge in [0, 0.05) is 30.3 Å². The van der Waals surface area contributed by atoms with Gasteiger partial charge in [0.1, 0.15) is 5.69 Å². The fourth-order valence-corrected chi connectivity index (χ4v) is 2.91. The van der Waals surface area contributed by atoms with Crippen LogP contribution in [0.4, 0.5) is 17.1 Å². The van der Waals surface area contributed by atoms with E-state index in [1.54, 1.807) is 11.9 Å². The Morgan fingerprint density at radius 3 is 2.59 bits per heavy atom. The average molecular weight is 255 g/mol. The van der Waals surface area contributed by atoms with Gasteiger partial charge in [0.15, 0.2) is 0 Å². The van der Waals surface area contributed by atoms with Gasteiger partial charge in [0.05, 0.1) is 15.9 Å². The maximum Gasteiger partial charge on any atom is 0.300 e. The van der Waals surface area contributed by atoms with E-state index < -0.39 is 9.85 Å². The molecule has 0 saturated carbocycles. The maximum absolute atomic E-state index is 10.9. The van der Waals surface area contributed by atoms with Crippen LogP contribution in [0.15, 0.2) is 17.0 Å². The lowest BCUT2D eigenvalue weighted by atomic mass is 10.2. The van der Waals surface area contributed by atoms with E-state index >= 15 is 0 Å². The predicted octanol–water partition coefficient (Wildman–Crippen LogP) is 2.04. The highest BCUT2D eigenvalue weighted by atomic mass is 32.2. The summed E-state index contributed by atoms with van der Waals surface area (Å²) in [5.74, 6) is 0.766. The van der Waals surface area contributed by atoms with Crippen molar-refractivity contribution in [3.05, 3.63) is 32.4 Å². The summed E-state index contributed by atoms with van der Waals surface area (Å²) < 4.78 is 0. The highest BCUT2D eigenvalue weighted by Gasteiger charge is 2.28. The molecule has 0 fully saturated rings. The Balaban J connectivity index is 2.66. The first-order valence-corrected chi connectivity index (χ1v) is 5.80. The second kappa shape index (κ2) is 4.21. The summed E-state index contributed by atoms with van der Waals surface area (Å²) in [5.41, 5.74) is 0.0269. The molecule has 1 aliphatic rings. The molecule has 0 N–H and O–H groups in total. The van der Waals surface area contributed by atoms with Crippen molar-refractivity contribution in [1.29, 1.82) is 0 Å². The van der Waals surface area contributed by atoms with Crippen LogP contribution in [0.2, 0.25) is 0 Å². The Hall–Kier alpha value is -1.83. The number of nitro groups is 2. The van der Waals surface area contributed by atoms with Crippen LogP contribution < -0.4 is 4.90 Å². The summed E-state index contributed by atoms with van der Waals surface area (Å²) in [6, 6.07) is 2.41. The molecule has 90 valence electrons. The van der Waals surface area contributed by atoms with Crippen molar-refractivity contribution in [3.63, 3.8) is 0 Å². The topological polar surface area (TPSA) is 89.5 Å². The van der Waals surface area contributed by atoms with Crippen LogP contribution >= 0.6 is 11.8 Å². The second-order valence-corrected chi connectivity index (χ2v) is 4.73. The maximum atomic E-state index is 10.9. The molecular weight excluding hydrogens is 246 g/mol. The zero-order valence-corrected chi connectivity index (χ0v) is 9.77. The molecule has 8 heteroatoms. The summed E-state index contributed by atoms with van der Waals surface area (Å²) in [4.78, 5) is 22.8. The van der Waals surface area contributed by atoms with E-state index in [0.717, 1.165) is 11.8 Å². The van der Waals surface area contributed by atoms with E-state index in [4.69, 9.17) is 0 Å². The predicted molar refractivity (Wildman–Crippen MR) is 63.7 cm³/mol. The standard InChI is InChI=1S/C9H9N3O4S/c1-10-2-3-17-8-5-6(11(13)14)4-7(9(8)10)12(15)16/h4-5H,2-3H2,1H3. The molecule has 0 aliphatic carbocycles. The van der Waals surface area contributed by atoms with E-state index in [1.165, 1.54) is 17.8 Å². The number of anilines is 1. The second-order valence-electron chi connectivity index (χ2n) is 3.60. The van der Waals surface area contributed by atoms with Crippen molar-refractivity contribution in [2.75, 3.05) is 24.2 Å². The van der Waals surface area contributed by atoms with Crippen LogP contribution in [0.3, 0.4) is 0 Å². The Labute approximate surface area is 101 Å². The summed E-state index contributed by atoms with van der Waals surface area (Å²) in [7, 11) is 1.75. The number of nitrogens with zero attached hydrogens (tertiary/aromatic N) is 3. The number of nitro benzene ring substituents is 2. The van der Waals surface area contributed by atoms with E-state index in [0.29, 0.717) is 17.1 Å². The van der Waals surface area contributed by atoms with Gasteiger partial charge < -0.3 is 4.90 Å². The number of rotatable bonds is 2. The quantitative estimate of drug-likeness (QED) is 0.593. The van der Waals surface area contributed by atoms with Crippen molar-refractivity contribution in [2.24, 2.45) is 0 Å². The first-order chi connectivity index (χ1) is 8.00. The Kier molecular flexibility index (Phi) is 2.88. The highest BCUT2D eigenvalue weighted by molar-refractivity contribution is 7.99. The third-order valence-corrected chi connectivity index (χ3v) is 3.52. The van der Waals surface area contributed by atoms with E-state index in [9.17, 15) is 20.2 Å². The number of benzene rings is 1. The fourth-order valence-electron chi connectivity index (χ4n) is 1.72. The summed E-state index contributed by atoms with van der Waals surface area (Å²) in [5, 5.41) is 21.6. The molecule has 1 heterocycles. The van der Waals surface area contributed by atoms with Gasteiger partial charge in [-0.15, -0.1) is 11.8 Å². The van der Waals surface area contributed by atoms with E-state index in [-0.39, 0.29) is 11.4 Å². The molecule has 2 rings (SSSR count). The van der Waals surface area contributed by atoms with Crippen LogP contribution in [-0.4, -0.2) is 29.2 Å². The first-order valence-electron chi connectivity index (χ1n) is 4.81. The van der Waals surface area contributed by atoms with Crippen LogP contribution in [0, 0.1) is 20.2 Å². The molecule has 0 bridgehead atoms. The Bertz CT molecular complexity index is 505. The van der Waals surface area contributed by atoms with Gasteiger partial charge in [-0.25, -0.2) is 0 Å². The molecular formula is C9H9N3O4S. The molecule has 0 spiro atoms. The molecule has 1 aromatic carbocycles. The number of fused-ring (bicyclic) bond motifs is 1. The minimum absolute atomic E-state index is 0.205. The minimum Gasteiger partial charge on any atom is -0.367 e. The van der Waals surface area contributed by atoms with E-state index in [2.05, 4.69) is 0 Å². The molecule has 0 unspecified atom stereocenters. The van der Waals surface area contributed by atoms with E-state index in [1.807, 2.05) is 0 Å². The number of non-ortho nitro benzene ring substituents is 1. The fraction of sp³-hybridized carbons (Fsp3) is 0.333. The van der Waals surface area contributed by atoms with Crippen LogP contribution in [0.1, 0.15) is 0 Å². The summed E-state index contributed by atoms with van der Waals surface area (Å²) in [6.45, 7) is 0.691. The van der Waals surface area contributed by atoms with Gasteiger partial charge >= 0.3 is 5.69 Å². The van der Waals surface area contributed by atoms with Crippen LogP contribution in [-0.2, 0) is 0 Å². The zero-order chi connectivity index (χ0) is 12.6. The number of thioether (sulfide) groups is 1. The molecule has 0 aromatic heterocycles. The SMILES string of the molecule is CN1CCSc2cc([N+](=O)[O-])cc([N+](=O)[O-])c21. The first kappa shape index (κ1) is 11.6. The molecule has 1 aliphatic heterocycles. The monoisotopic (exact) mass is 255 g/mol. The molecule has 0 amide bonds. The van der Waals surface area contributed by atoms with Crippen LogP contribution in [0.25, 0.3) is 0 Å². The molecule has 7 nitrogen and oxygen atoms in total. The lowest BCUT2D eigenvalue weighted by molar-refractivity contribution is -0.394. The lowest BCUT2D eigenvalue weighted by Gasteiger charge is -2.25. The summed E-state index contributed by atoms with van der Waals surface area (Å²) in [6.07, 6.45) is 0. The molecule has 17 heavy (non-hydrogen) atoms. The average Bonchev–Trinajstić information content (AvgIpc) is 2.27. The van der Waals surface area contributed by atoms with Crippen molar-refractivity contribution in [2.45, 2.75) is 4.90 Å². The minimum atomic E-state index is -0.609. The van der Waals surface area contributed by atoms with Gasteiger partial charge in [0.2, 0.25) is 0 Å².